The molecule has 1 aliphatic rings. The lowest BCUT2D eigenvalue weighted by Gasteiger charge is -2.17. The molecule has 5 heteroatoms. The summed E-state index contributed by atoms with van der Waals surface area (Å²) >= 11 is 0. The van der Waals surface area contributed by atoms with Gasteiger partial charge in [0.15, 0.2) is 0 Å². The van der Waals surface area contributed by atoms with Gasteiger partial charge in [-0.05, 0) is 38.9 Å². The third-order valence-corrected chi connectivity index (χ3v) is 3.52. The van der Waals surface area contributed by atoms with Crippen LogP contribution >= 0.6 is 0 Å². The van der Waals surface area contributed by atoms with Gasteiger partial charge in [-0.25, -0.2) is 0 Å². The van der Waals surface area contributed by atoms with E-state index in [-0.39, 0.29) is 18.1 Å². The minimum atomic E-state index is -0.372. The number of aliphatic hydroxyl groups excluding tert-OH is 1. The largest absolute Gasteiger partial charge is 0.392 e. The topological polar surface area (TPSA) is 64.6 Å². The number of nitrogens with one attached hydrogen (secondary N) is 2. The number of nitrogens with zero attached hydrogens (tertiary/aromatic N) is 1. The first-order chi connectivity index (χ1) is 8.67. The number of β-amino-alcohol motifs (C(OH)–C–C–N with tert-alkyl or cyclic N) is 1. The van der Waals surface area contributed by atoms with Gasteiger partial charge in [0.05, 0.1) is 12.1 Å². The molecule has 2 atom stereocenters. The minimum absolute atomic E-state index is 0.0226. The van der Waals surface area contributed by atoms with Gasteiger partial charge in [0, 0.05) is 13.1 Å². The van der Waals surface area contributed by atoms with Gasteiger partial charge in [-0.15, -0.1) is 0 Å². The Kier molecular flexibility index (Phi) is 7.23. The summed E-state index contributed by atoms with van der Waals surface area (Å²) in [4.78, 5) is 14.1. The Morgan fingerprint density at radius 3 is 2.67 bits per heavy atom. The lowest BCUT2D eigenvalue weighted by Crippen LogP contribution is -2.40. The van der Waals surface area contributed by atoms with Crippen LogP contribution in [0, 0.1) is 0 Å². The third-order valence-electron chi connectivity index (χ3n) is 3.52. The zero-order valence-electron chi connectivity index (χ0n) is 11.6. The summed E-state index contributed by atoms with van der Waals surface area (Å²) < 4.78 is 0. The highest BCUT2D eigenvalue weighted by Gasteiger charge is 2.27. The molecule has 1 amide bonds. The highest BCUT2D eigenvalue weighted by Crippen LogP contribution is 2.05. The zero-order valence-corrected chi connectivity index (χ0v) is 11.6. The molecule has 0 aliphatic carbocycles. The van der Waals surface area contributed by atoms with Crippen molar-refractivity contribution >= 4 is 5.91 Å². The van der Waals surface area contributed by atoms with Gasteiger partial charge in [-0.3, -0.25) is 4.79 Å². The normalized spacial score (nSPS) is 23.6. The predicted molar refractivity (Wildman–Crippen MR) is 72.4 cm³/mol. The van der Waals surface area contributed by atoms with E-state index >= 15 is 0 Å². The Morgan fingerprint density at radius 2 is 2.11 bits per heavy atom. The first-order valence-corrected chi connectivity index (χ1v) is 7.08. The van der Waals surface area contributed by atoms with Crippen molar-refractivity contribution in [1.29, 1.82) is 0 Å². The van der Waals surface area contributed by atoms with Crippen LogP contribution < -0.4 is 10.6 Å². The summed E-state index contributed by atoms with van der Waals surface area (Å²) in [5.74, 6) is 0.0226. The Morgan fingerprint density at radius 1 is 1.39 bits per heavy atom. The van der Waals surface area contributed by atoms with Crippen molar-refractivity contribution in [3.05, 3.63) is 0 Å². The maximum atomic E-state index is 11.7. The molecule has 0 radical (unpaired) electrons. The molecule has 1 aliphatic heterocycles. The van der Waals surface area contributed by atoms with Crippen LogP contribution in [-0.4, -0.2) is 60.8 Å². The molecule has 0 aromatic heterocycles. The summed E-state index contributed by atoms with van der Waals surface area (Å²) in [6.07, 6.45) is 2.29. The summed E-state index contributed by atoms with van der Waals surface area (Å²) in [7, 11) is 0. The van der Waals surface area contributed by atoms with Gasteiger partial charge >= 0.3 is 0 Å². The van der Waals surface area contributed by atoms with E-state index in [0.717, 1.165) is 39.0 Å². The second-order valence-electron chi connectivity index (χ2n) is 4.88. The fourth-order valence-electron chi connectivity index (χ4n) is 2.25. The van der Waals surface area contributed by atoms with E-state index in [1.807, 2.05) is 0 Å². The lowest BCUT2D eigenvalue weighted by atomic mass is 10.2. The molecule has 1 rings (SSSR count). The molecule has 0 saturated carbocycles. The molecule has 18 heavy (non-hydrogen) atoms. The molecular formula is C13H27N3O2. The van der Waals surface area contributed by atoms with E-state index in [4.69, 9.17) is 0 Å². The van der Waals surface area contributed by atoms with Crippen LogP contribution in [0.2, 0.25) is 0 Å². The van der Waals surface area contributed by atoms with E-state index in [1.54, 1.807) is 0 Å². The minimum Gasteiger partial charge on any atom is -0.392 e. The first kappa shape index (κ1) is 15.4. The second-order valence-corrected chi connectivity index (χ2v) is 4.88. The SMILES string of the molecule is CCN(CC)CCCCNC(=O)C1CC(O)CN1. The lowest BCUT2D eigenvalue weighted by molar-refractivity contribution is -0.122. The molecule has 1 heterocycles. The molecule has 0 aromatic rings. The first-order valence-electron chi connectivity index (χ1n) is 7.08. The van der Waals surface area contributed by atoms with Crippen molar-refractivity contribution < 1.29 is 9.90 Å². The van der Waals surface area contributed by atoms with Crippen molar-refractivity contribution in [3.8, 4) is 0 Å². The number of carbonyl (C=O) groups excluding carboxylic acids is 1. The number of carbonyl (C=O) groups is 1. The number of unbranched alkanes of at least 4 members (excludes halogenated alkanes) is 1. The molecule has 3 N–H and O–H groups in total. The number of amides is 1. The van der Waals surface area contributed by atoms with E-state index in [0.29, 0.717) is 13.0 Å². The Bertz CT molecular complexity index is 244. The Hall–Kier alpha value is -0.650. The molecule has 106 valence electrons. The standard InChI is InChI=1S/C13H27N3O2/c1-3-16(4-2)8-6-5-7-14-13(18)12-9-11(17)10-15-12/h11-12,15,17H,3-10H2,1-2H3,(H,14,18). The predicted octanol–water partition coefficient (Wildman–Crippen LogP) is -0.0526. The van der Waals surface area contributed by atoms with Crippen molar-refractivity contribution in [1.82, 2.24) is 15.5 Å². The third kappa shape index (κ3) is 5.33. The Balaban J connectivity index is 2.02. The van der Waals surface area contributed by atoms with Gasteiger partial charge in [-0.2, -0.15) is 0 Å². The zero-order chi connectivity index (χ0) is 13.4. The van der Waals surface area contributed by atoms with Gasteiger partial charge in [0.25, 0.3) is 0 Å². The second kappa shape index (κ2) is 8.45. The maximum absolute atomic E-state index is 11.7. The summed E-state index contributed by atoms with van der Waals surface area (Å²) in [5.41, 5.74) is 0. The smallest absolute Gasteiger partial charge is 0.237 e. The number of hydrogen-bond acceptors (Lipinski definition) is 4. The number of aliphatic hydroxyl groups is 1. The van der Waals surface area contributed by atoms with Crippen molar-refractivity contribution in [3.63, 3.8) is 0 Å². The van der Waals surface area contributed by atoms with Crippen LogP contribution in [-0.2, 0) is 4.79 Å². The van der Waals surface area contributed by atoms with Gasteiger partial charge in [0.1, 0.15) is 0 Å². The molecule has 5 nitrogen and oxygen atoms in total. The fraction of sp³-hybridized carbons (Fsp3) is 0.923. The van der Waals surface area contributed by atoms with Crippen molar-refractivity contribution in [2.45, 2.75) is 45.3 Å². The van der Waals surface area contributed by atoms with E-state index in [2.05, 4.69) is 29.4 Å². The fourth-order valence-corrected chi connectivity index (χ4v) is 2.25. The highest BCUT2D eigenvalue weighted by molar-refractivity contribution is 5.82. The van der Waals surface area contributed by atoms with Crippen LogP contribution in [0.25, 0.3) is 0 Å². The van der Waals surface area contributed by atoms with Crippen LogP contribution in [0.15, 0.2) is 0 Å². The van der Waals surface area contributed by atoms with Crippen molar-refractivity contribution in [2.75, 3.05) is 32.7 Å². The van der Waals surface area contributed by atoms with E-state index in [9.17, 15) is 9.90 Å². The van der Waals surface area contributed by atoms with Crippen LogP contribution in [0.1, 0.15) is 33.1 Å². The molecule has 0 bridgehead atoms. The molecule has 1 saturated heterocycles. The summed E-state index contributed by atoms with van der Waals surface area (Å²) in [6, 6.07) is -0.206. The molecular weight excluding hydrogens is 230 g/mol. The summed E-state index contributed by atoms with van der Waals surface area (Å²) in [5, 5.41) is 15.3. The summed E-state index contributed by atoms with van der Waals surface area (Å²) in [6.45, 7) is 8.88. The van der Waals surface area contributed by atoms with Crippen LogP contribution in [0.5, 0.6) is 0 Å². The average Bonchev–Trinajstić information content (AvgIpc) is 2.80. The maximum Gasteiger partial charge on any atom is 0.237 e. The molecule has 0 spiro atoms. The van der Waals surface area contributed by atoms with Gasteiger partial charge in [0.2, 0.25) is 5.91 Å². The average molecular weight is 257 g/mol. The molecule has 0 aromatic carbocycles. The Labute approximate surface area is 110 Å². The van der Waals surface area contributed by atoms with E-state index < -0.39 is 0 Å². The van der Waals surface area contributed by atoms with Crippen LogP contribution in [0.3, 0.4) is 0 Å². The van der Waals surface area contributed by atoms with Gasteiger partial charge < -0.3 is 20.6 Å². The molecule has 1 fully saturated rings. The van der Waals surface area contributed by atoms with E-state index in [1.165, 1.54) is 0 Å². The quantitative estimate of drug-likeness (QED) is 0.533. The monoisotopic (exact) mass is 257 g/mol. The van der Waals surface area contributed by atoms with Crippen LogP contribution in [0.4, 0.5) is 0 Å². The number of hydrogen-bond donors (Lipinski definition) is 3. The van der Waals surface area contributed by atoms with Gasteiger partial charge in [-0.1, -0.05) is 13.8 Å². The highest BCUT2D eigenvalue weighted by atomic mass is 16.3. The van der Waals surface area contributed by atoms with Crippen molar-refractivity contribution in [2.24, 2.45) is 0 Å². The molecule has 2 unspecified atom stereocenters. The number of rotatable bonds is 8.